The van der Waals surface area contributed by atoms with E-state index in [9.17, 15) is 14.4 Å². The number of hydrogen-bond donors (Lipinski definition) is 3. The fourth-order valence-electron chi connectivity index (χ4n) is 4.44. The van der Waals surface area contributed by atoms with Crippen molar-refractivity contribution in [3.8, 4) is 11.1 Å². The summed E-state index contributed by atoms with van der Waals surface area (Å²) in [5, 5.41) is 8.82. The Labute approximate surface area is 281 Å². The van der Waals surface area contributed by atoms with Gasteiger partial charge in [-0.2, -0.15) is 0 Å². The van der Waals surface area contributed by atoms with Gasteiger partial charge in [-0.25, -0.2) is 0 Å². The van der Waals surface area contributed by atoms with E-state index in [2.05, 4.69) is 16.0 Å². The molecule has 230 valence electrons. The topological polar surface area (TPSA) is 87.3 Å². The number of rotatable bonds is 10. The quantitative estimate of drug-likeness (QED) is 0.103. The summed E-state index contributed by atoms with van der Waals surface area (Å²) >= 11 is 13.5. The molecule has 0 saturated heterocycles. The van der Waals surface area contributed by atoms with Gasteiger partial charge in [-0.1, -0.05) is 102 Å². The molecule has 1 atom stereocenters. The number of nitrogens with one attached hydrogen (secondary N) is 3. The molecule has 0 radical (unpaired) electrons. The van der Waals surface area contributed by atoms with E-state index in [1.54, 1.807) is 73.7 Å². The highest BCUT2D eigenvalue weighted by Gasteiger charge is 2.18. The summed E-state index contributed by atoms with van der Waals surface area (Å²) in [5.74, 6) is -1.15. The second-order valence-corrected chi connectivity index (χ2v) is 12.5. The standard InChI is InChI=1S/C37H29Cl2N3O3S/c1-24(35(43)41-33-20-19-29(38)22-32(33)39)46-31-14-8-13-30(23-31)40-37(45)34(42-36(44)28-11-6-3-7-12-28)21-25-15-17-27(18-16-25)26-9-4-2-5-10-26/h2-24H,1H3,(H,40,45)(H,41,43)(H,42,44)/b34-21+. The Morgan fingerprint density at radius 2 is 1.39 bits per heavy atom. The monoisotopic (exact) mass is 665 g/mol. The Bertz CT molecular complexity index is 1880. The minimum atomic E-state index is -0.498. The molecule has 0 heterocycles. The van der Waals surface area contributed by atoms with Gasteiger partial charge in [0.25, 0.3) is 11.8 Å². The SMILES string of the molecule is CC(Sc1cccc(NC(=O)/C(=C\c2ccc(-c3ccccc3)cc2)NC(=O)c2ccccc2)c1)C(=O)Nc1ccc(Cl)cc1Cl. The fraction of sp³-hybridized carbons (Fsp3) is 0.0541. The zero-order chi connectivity index (χ0) is 32.5. The van der Waals surface area contributed by atoms with Crippen LogP contribution in [0.1, 0.15) is 22.8 Å². The molecule has 9 heteroatoms. The van der Waals surface area contributed by atoms with E-state index in [4.69, 9.17) is 23.2 Å². The van der Waals surface area contributed by atoms with Crippen molar-refractivity contribution in [2.75, 3.05) is 10.6 Å². The van der Waals surface area contributed by atoms with Crippen molar-refractivity contribution >= 4 is 70.1 Å². The largest absolute Gasteiger partial charge is 0.324 e. The third kappa shape index (κ3) is 8.88. The molecule has 5 aromatic rings. The Balaban J connectivity index is 1.31. The lowest BCUT2D eigenvalue weighted by Crippen LogP contribution is -2.30. The number of amides is 3. The predicted molar refractivity (Wildman–Crippen MR) is 189 cm³/mol. The number of thioether (sulfide) groups is 1. The van der Waals surface area contributed by atoms with Crippen LogP contribution in [0.5, 0.6) is 0 Å². The molecule has 3 amide bonds. The molecule has 0 aliphatic heterocycles. The molecule has 0 fully saturated rings. The second-order valence-electron chi connectivity index (χ2n) is 10.2. The lowest BCUT2D eigenvalue weighted by atomic mass is 10.0. The molecule has 0 bridgehead atoms. The molecular weight excluding hydrogens is 637 g/mol. The summed E-state index contributed by atoms with van der Waals surface area (Å²) in [5.41, 5.74) is 4.32. The first-order valence-electron chi connectivity index (χ1n) is 14.3. The van der Waals surface area contributed by atoms with Gasteiger partial charge >= 0.3 is 0 Å². The van der Waals surface area contributed by atoms with Gasteiger partial charge in [0, 0.05) is 21.2 Å². The highest BCUT2D eigenvalue weighted by atomic mass is 35.5. The van der Waals surface area contributed by atoms with Crippen molar-refractivity contribution in [1.82, 2.24) is 5.32 Å². The molecule has 46 heavy (non-hydrogen) atoms. The summed E-state index contributed by atoms with van der Waals surface area (Å²) in [4.78, 5) is 40.3. The van der Waals surface area contributed by atoms with Gasteiger partial charge in [-0.3, -0.25) is 14.4 Å². The average Bonchev–Trinajstić information content (AvgIpc) is 3.07. The Hall–Kier alpha value is -4.82. The minimum Gasteiger partial charge on any atom is -0.324 e. The summed E-state index contributed by atoms with van der Waals surface area (Å²) in [6.07, 6.45) is 1.64. The van der Waals surface area contributed by atoms with Crippen molar-refractivity contribution in [3.05, 3.63) is 154 Å². The molecule has 0 aromatic heterocycles. The molecule has 0 saturated carbocycles. The maximum atomic E-state index is 13.6. The summed E-state index contributed by atoms with van der Waals surface area (Å²) in [7, 11) is 0. The Kier molecular flexibility index (Phi) is 10.9. The number of benzene rings is 5. The van der Waals surface area contributed by atoms with Gasteiger partial charge in [0.15, 0.2) is 0 Å². The van der Waals surface area contributed by atoms with E-state index in [1.807, 2.05) is 66.7 Å². The first kappa shape index (κ1) is 32.6. The predicted octanol–water partition coefficient (Wildman–Crippen LogP) is 9.19. The molecule has 1 unspecified atom stereocenters. The van der Waals surface area contributed by atoms with Crippen LogP contribution in [-0.2, 0) is 9.59 Å². The lowest BCUT2D eigenvalue weighted by Gasteiger charge is -2.15. The Morgan fingerprint density at radius 3 is 2.09 bits per heavy atom. The van der Waals surface area contributed by atoms with Crippen molar-refractivity contribution in [2.24, 2.45) is 0 Å². The summed E-state index contributed by atoms with van der Waals surface area (Å²) in [6.45, 7) is 1.78. The molecule has 0 aliphatic carbocycles. The van der Waals surface area contributed by atoms with E-state index in [0.29, 0.717) is 27.0 Å². The average molecular weight is 667 g/mol. The maximum Gasteiger partial charge on any atom is 0.272 e. The van der Waals surface area contributed by atoms with Crippen LogP contribution in [0.4, 0.5) is 11.4 Å². The number of halogens is 2. The zero-order valence-corrected chi connectivity index (χ0v) is 27.0. The third-order valence-electron chi connectivity index (χ3n) is 6.82. The van der Waals surface area contributed by atoms with Crippen molar-refractivity contribution in [1.29, 1.82) is 0 Å². The van der Waals surface area contributed by atoms with E-state index < -0.39 is 17.1 Å². The fourth-order valence-corrected chi connectivity index (χ4v) is 5.82. The van der Waals surface area contributed by atoms with Gasteiger partial charge in [0.1, 0.15) is 5.70 Å². The lowest BCUT2D eigenvalue weighted by molar-refractivity contribution is -0.115. The summed E-state index contributed by atoms with van der Waals surface area (Å²) < 4.78 is 0. The van der Waals surface area contributed by atoms with Crippen molar-refractivity contribution < 1.29 is 14.4 Å². The van der Waals surface area contributed by atoms with E-state index in [0.717, 1.165) is 21.6 Å². The first-order valence-corrected chi connectivity index (χ1v) is 16.0. The van der Waals surface area contributed by atoms with Crippen LogP contribution in [-0.4, -0.2) is 23.0 Å². The number of anilines is 2. The van der Waals surface area contributed by atoms with Gasteiger partial charge in [0.2, 0.25) is 5.91 Å². The number of carbonyl (C=O) groups excluding carboxylic acids is 3. The van der Waals surface area contributed by atoms with E-state index in [-0.39, 0.29) is 11.6 Å². The molecule has 0 aliphatic rings. The van der Waals surface area contributed by atoms with Crippen LogP contribution in [0, 0.1) is 0 Å². The number of hydrogen-bond acceptors (Lipinski definition) is 4. The van der Waals surface area contributed by atoms with E-state index >= 15 is 0 Å². The normalized spacial score (nSPS) is 11.8. The maximum absolute atomic E-state index is 13.6. The van der Waals surface area contributed by atoms with Crippen molar-refractivity contribution in [2.45, 2.75) is 17.1 Å². The van der Waals surface area contributed by atoms with Crippen LogP contribution < -0.4 is 16.0 Å². The number of carbonyl (C=O) groups is 3. The smallest absolute Gasteiger partial charge is 0.272 e. The highest BCUT2D eigenvalue weighted by Crippen LogP contribution is 2.29. The molecule has 0 spiro atoms. The van der Waals surface area contributed by atoms with Gasteiger partial charge < -0.3 is 16.0 Å². The van der Waals surface area contributed by atoms with Crippen LogP contribution in [0.2, 0.25) is 10.0 Å². The highest BCUT2D eigenvalue weighted by molar-refractivity contribution is 8.00. The van der Waals surface area contributed by atoms with E-state index in [1.165, 1.54) is 11.8 Å². The molecule has 5 aromatic carbocycles. The molecule has 5 rings (SSSR count). The van der Waals surface area contributed by atoms with Gasteiger partial charge in [-0.05, 0) is 78.2 Å². The third-order valence-corrected chi connectivity index (χ3v) is 8.46. The zero-order valence-electron chi connectivity index (χ0n) is 24.7. The Morgan fingerprint density at radius 1 is 0.717 bits per heavy atom. The second kappa shape index (κ2) is 15.5. The summed E-state index contributed by atoms with van der Waals surface area (Å²) in [6, 6.07) is 38.4. The minimum absolute atomic E-state index is 0.0759. The molecule has 6 nitrogen and oxygen atoms in total. The van der Waals surface area contributed by atoms with Crippen LogP contribution in [0.3, 0.4) is 0 Å². The van der Waals surface area contributed by atoms with Gasteiger partial charge in [-0.15, -0.1) is 11.8 Å². The van der Waals surface area contributed by atoms with Crippen LogP contribution >= 0.6 is 35.0 Å². The van der Waals surface area contributed by atoms with Crippen LogP contribution in [0.15, 0.2) is 138 Å². The van der Waals surface area contributed by atoms with Crippen molar-refractivity contribution in [3.63, 3.8) is 0 Å². The molecule has 3 N–H and O–H groups in total. The molecular formula is C37H29Cl2N3O3S. The van der Waals surface area contributed by atoms with Gasteiger partial charge in [0.05, 0.1) is 16.0 Å². The van der Waals surface area contributed by atoms with Crippen LogP contribution in [0.25, 0.3) is 17.2 Å². The first-order chi connectivity index (χ1) is 22.2.